The minimum Gasteiger partial charge on any atom is -0.383 e. The first kappa shape index (κ1) is 23.1. The molecule has 33 heavy (non-hydrogen) atoms. The summed E-state index contributed by atoms with van der Waals surface area (Å²) in [6, 6.07) is 13.3. The van der Waals surface area contributed by atoms with Gasteiger partial charge in [-0.15, -0.1) is 0 Å². The molecule has 7 nitrogen and oxygen atoms in total. The van der Waals surface area contributed by atoms with Crippen LogP contribution in [0.2, 0.25) is 0 Å². The molecule has 0 N–H and O–H groups in total. The molecule has 2 aromatic carbocycles. The van der Waals surface area contributed by atoms with Gasteiger partial charge in [0.1, 0.15) is 5.82 Å². The number of nitrogens with zero attached hydrogens (tertiary/aromatic N) is 4. The lowest BCUT2D eigenvalue weighted by Crippen LogP contribution is -2.34. The number of methoxy groups -OCH3 is 1. The molecule has 7 heteroatoms. The lowest BCUT2D eigenvalue weighted by atomic mass is 10.1. The average Bonchev–Trinajstić information content (AvgIpc) is 2.84. The van der Waals surface area contributed by atoms with Crippen LogP contribution in [0.3, 0.4) is 0 Å². The lowest BCUT2D eigenvalue weighted by molar-refractivity contribution is 0.101. The molecule has 0 radical (unpaired) electrons. The first-order valence-corrected chi connectivity index (χ1v) is 11.6. The van der Waals surface area contributed by atoms with Crippen LogP contribution >= 0.6 is 0 Å². The van der Waals surface area contributed by atoms with E-state index in [0.717, 1.165) is 30.3 Å². The Labute approximate surface area is 194 Å². The normalized spacial score (nSPS) is 14.5. The topological polar surface area (TPSA) is 67.7 Å². The van der Waals surface area contributed by atoms with Crippen LogP contribution in [0.5, 0.6) is 0 Å². The molecule has 174 valence electrons. The van der Waals surface area contributed by atoms with Gasteiger partial charge < -0.3 is 9.64 Å². The number of ketones is 1. The van der Waals surface area contributed by atoms with Crippen molar-refractivity contribution in [3.8, 4) is 0 Å². The number of fused-ring (bicyclic) bond motifs is 1. The first-order valence-electron chi connectivity index (χ1n) is 11.6. The van der Waals surface area contributed by atoms with Crippen LogP contribution in [0.25, 0.3) is 10.9 Å². The van der Waals surface area contributed by atoms with Gasteiger partial charge in [0.25, 0.3) is 5.56 Å². The average molecular weight is 449 g/mol. The molecular weight excluding hydrogens is 416 g/mol. The van der Waals surface area contributed by atoms with Gasteiger partial charge in [-0.05, 0) is 63.2 Å². The van der Waals surface area contributed by atoms with Crippen LogP contribution in [0, 0.1) is 0 Å². The van der Waals surface area contributed by atoms with Crippen LogP contribution in [0.15, 0.2) is 47.3 Å². The van der Waals surface area contributed by atoms with Crippen molar-refractivity contribution in [1.29, 1.82) is 0 Å². The molecule has 1 saturated heterocycles. The molecule has 1 fully saturated rings. The largest absolute Gasteiger partial charge is 0.383 e. The highest BCUT2D eigenvalue weighted by Gasteiger charge is 2.17. The van der Waals surface area contributed by atoms with Gasteiger partial charge in [0, 0.05) is 31.1 Å². The highest BCUT2D eigenvalue weighted by molar-refractivity contribution is 5.95. The number of ether oxygens (including phenoxy) is 1. The number of hydrogen-bond acceptors (Lipinski definition) is 6. The summed E-state index contributed by atoms with van der Waals surface area (Å²) in [6.07, 6.45) is 3.65. The van der Waals surface area contributed by atoms with Crippen molar-refractivity contribution < 1.29 is 9.53 Å². The Morgan fingerprint density at radius 1 is 1.09 bits per heavy atom. The summed E-state index contributed by atoms with van der Waals surface area (Å²) in [7, 11) is 3.58. The van der Waals surface area contributed by atoms with Crippen LogP contribution < -0.4 is 10.5 Å². The fourth-order valence-electron chi connectivity index (χ4n) is 4.40. The summed E-state index contributed by atoms with van der Waals surface area (Å²) in [5, 5.41) is 0.584. The lowest BCUT2D eigenvalue weighted by Gasteiger charge is -2.27. The number of anilines is 2. The van der Waals surface area contributed by atoms with Gasteiger partial charge >= 0.3 is 0 Å². The highest BCUT2D eigenvalue weighted by atomic mass is 16.5. The van der Waals surface area contributed by atoms with Crippen molar-refractivity contribution >= 4 is 28.1 Å². The third kappa shape index (κ3) is 5.15. The molecule has 0 aliphatic carbocycles. The number of piperidine rings is 1. The molecule has 3 aromatic rings. The van der Waals surface area contributed by atoms with Crippen molar-refractivity contribution in [2.45, 2.75) is 39.3 Å². The quantitative estimate of drug-likeness (QED) is 0.485. The summed E-state index contributed by atoms with van der Waals surface area (Å²) in [6.45, 7) is 5.25. The summed E-state index contributed by atoms with van der Waals surface area (Å²) in [5.74, 6) is 0.817. The van der Waals surface area contributed by atoms with E-state index in [0.29, 0.717) is 36.2 Å². The van der Waals surface area contributed by atoms with Crippen LogP contribution in [0.4, 0.5) is 11.4 Å². The molecule has 0 spiro atoms. The fourth-order valence-corrected chi connectivity index (χ4v) is 4.40. The number of benzene rings is 2. The summed E-state index contributed by atoms with van der Waals surface area (Å²) >= 11 is 0. The Hall–Kier alpha value is -3.03. The van der Waals surface area contributed by atoms with Crippen molar-refractivity contribution in [2.75, 3.05) is 38.8 Å². The number of carbonyl (C=O) groups is 1. The van der Waals surface area contributed by atoms with Crippen molar-refractivity contribution in [2.24, 2.45) is 0 Å². The zero-order chi connectivity index (χ0) is 23.4. The molecule has 2 heterocycles. The third-order valence-corrected chi connectivity index (χ3v) is 6.38. The Bertz CT molecular complexity index is 1200. The van der Waals surface area contributed by atoms with Gasteiger partial charge in [-0.2, -0.15) is 0 Å². The maximum absolute atomic E-state index is 13.5. The van der Waals surface area contributed by atoms with Gasteiger partial charge in [-0.3, -0.25) is 19.1 Å². The second-order valence-corrected chi connectivity index (χ2v) is 8.68. The Balaban J connectivity index is 1.72. The van der Waals surface area contributed by atoms with Gasteiger partial charge in [0.05, 0.1) is 30.6 Å². The number of aromatic nitrogens is 2. The molecule has 0 amide bonds. The number of Topliss-reactive ketones (excluding diaryl/α,β-unsaturated/α-hetero) is 1. The fraction of sp³-hybridized carbons (Fsp3) is 0.423. The molecule has 4 rings (SSSR count). The summed E-state index contributed by atoms with van der Waals surface area (Å²) in [5.41, 5.74) is 3.07. The van der Waals surface area contributed by atoms with E-state index in [1.165, 1.54) is 19.3 Å². The Kier molecular flexibility index (Phi) is 7.20. The van der Waals surface area contributed by atoms with Crippen molar-refractivity contribution in [3.05, 3.63) is 64.2 Å². The molecule has 1 aliphatic rings. The number of carbonyl (C=O) groups excluding carboxylic acids is 1. The van der Waals surface area contributed by atoms with Crippen LogP contribution in [0.1, 0.15) is 42.4 Å². The van der Waals surface area contributed by atoms with E-state index < -0.39 is 0 Å². The zero-order valence-electron chi connectivity index (χ0n) is 19.7. The number of rotatable bonds is 8. The van der Waals surface area contributed by atoms with Crippen molar-refractivity contribution in [1.82, 2.24) is 14.5 Å². The Morgan fingerprint density at radius 2 is 1.85 bits per heavy atom. The van der Waals surface area contributed by atoms with Gasteiger partial charge in [0.15, 0.2) is 5.78 Å². The number of likely N-dealkylation sites (tertiary alicyclic amines) is 1. The van der Waals surface area contributed by atoms with Gasteiger partial charge in [0.2, 0.25) is 0 Å². The molecule has 1 aromatic heterocycles. The maximum Gasteiger partial charge on any atom is 0.261 e. The SMILES string of the molecule is COCCn1c(CN2CCCCC2)nc2ccc(N(C)c3cccc(C(C)=O)c3)cc2c1=O. The molecular formula is C26H32N4O3. The van der Waals surface area contributed by atoms with E-state index in [9.17, 15) is 9.59 Å². The van der Waals surface area contributed by atoms with E-state index in [-0.39, 0.29) is 11.3 Å². The second-order valence-electron chi connectivity index (χ2n) is 8.68. The Morgan fingerprint density at radius 3 is 2.58 bits per heavy atom. The predicted octanol–water partition coefficient (Wildman–Crippen LogP) is 4.00. The highest BCUT2D eigenvalue weighted by Crippen LogP contribution is 2.27. The monoisotopic (exact) mass is 448 g/mol. The van der Waals surface area contributed by atoms with E-state index in [2.05, 4.69) is 4.90 Å². The molecule has 1 aliphatic heterocycles. The minimum atomic E-state index is -0.0446. The molecule has 0 saturated carbocycles. The van der Waals surface area contributed by atoms with Gasteiger partial charge in [-0.1, -0.05) is 18.6 Å². The van der Waals surface area contributed by atoms with Crippen molar-refractivity contribution in [3.63, 3.8) is 0 Å². The van der Waals surface area contributed by atoms with E-state index in [1.807, 2.05) is 54.4 Å². The van der Waals surface area contributed by atoms with Gasteiger partial charge in [-0.25, -0.2) is 4.98 Å². The number of hydrogen-bond donors (Lipinski definition) is 0. The van der Waals surface area contributed by atoms with Crippen LogP contribution in [-0.4, -0.2) is 54.1 Å². The standard InChI is InChI=1S/C26H32N4O3/c1-19(31)20-8-7-9-21(16-20)28(2)22-10-11-24-23(17-22)26(32)30(14-15-33-3)25(27-24)18-29-12-5-4-6-13-29/h7-11,16-17H,4-6,12-15,18H2,1-3H3. The minimum absolute atomic E-state index is 0.0234. The summed E-state index contributed by atoms with van der Waals surface area (Å²) < 4.78 is 7.04. The van der Waals surface area contributed by atoms with E-state index >= 15 is 0 Å². The molecule has 0 bridgehead atoms. The predicted molar refractivity (Wildman–Crippen MR) is 132 cm³/mol. The second kappa shape index (κ2) is 10.3. The summed E-state index contributed by atoms with van der Waals surface area (Å²) in [4.78, 5) is 34.6. The first-order chi connectivity index (χ1) is 16.0. The molecule has 0 unspecified atom stereocenters. The van der Waals surface area contributed by atoms with Crippen LogP contribution in [-0.2, 0) is 17.8 Å². The third-order valence-electron chi connectivity index (χ3n) is 6.38. The van der Waals surface area contributed by atoms with E-state index in [4.69, 9.17) is 9.72 Å². The zero-order valence-corrected chi connectivity index (χ0v) is 19.7. The smallest absolute Gasteiger partial charge is 0.261 e. The molecule has 0 atom stereocenters. The van der Waals surface area contributed by atoms with E-state index in [1.54, 1.807) is 18.6 Å². The maximum atomic E-state index is 13.5.